The second-order valence-electron chi connectivity index (χ2n) is 7.38. The maximum absolute atomic E-state index is 12.5. The van der Waals surface area contributed by atoms with E-state index >= 15 is 0 Å². The molecule has 1 amide bonds. The number of carbonyl (C=O) groups is 1. The van der Waals surface area contributed by atoms with Crippen LogP contribution in [0.1, 0.15) is 47.5 Å². The molecule has 2 heterocycles. The van der Waals surface area contributed by atoms with Crippen molar-refractivity contribution >= 4 is 29.1 Å². The van der Waals surface area contributed by atoms with Gasteiger partial charge in [0.1, 0.15) is 5.76 Å². The van der Waals surface area contributed by atoms with Crippen LogP contribution in [0.25, 0.3) is 0 Å². The minimum atomic E-state index is -0.163. The molecule has 4 rings (SSSR count). The summed E-state index contributed by atoms with van der Waals surface area (Å²) in [5.41, 5.74) is 1.42. The maximum atomic E-state index is 12.5. The molecule has 1 saturated carbocycles. The quantitative estimate of drug-likeness (QED) is 0.829. The first-order valence-electron chi connectivity index (χ1n) is 8.93. The Hall–Kier alpha value is -1.56. The molecular weight excluding hydrogens is 373 g/mol. The molecule has 138 valence electrons. The zero-order valence-electron chi connectivity index (χ0n) is 14.5. The molecule has 1 aliphatic carbocycles. The molecule has 2 aliphatic rings. The number of nitrogens with one attached hydrogen (secondary N) is 1. The first-order valence-corrected chi connectivity index (χ1v) is 9.69. The monoisotopic (exact) mass is 393 g/mol. The Morgan fingerprint density at radius 3 is 2.85 bits per heavy atom. The van der Waals surface area contributed by atoms with E-state index in [0.717, 1.165) is 43.8 Å². The molecule has 2 aromatic rings. The predicted octanol–water partition coefficient (Wildman–Crippen LogP) is 4.11. The fraction of sp³-hybridized carbons (Fsp3) is 0.474. The van der Waals surface area contributed by atoms with Crippen LogP contribution in [0.5, 0.6) is 0 Å². The fourth-order valence-electron chi connectivity index (χ4n) is 3.47. The molecular formula is C19H21Cl2N3O2. The molecule has 2 atom stereocenters. The van der Waals surface area contributed by atoms with Crippen LogP contribution < -0.4 is 5.32 Å². The van der Waals surface area contributed by atoms with Crippen LogP contribution in [0.2, 0.25) is 10.0 Å². The highest BCUT2D eigenvalue weighted by Crippen LogP contribution is 2.40. The topological polar surface area (TPSA) is 58.4 Å². The highest BCUT2D eigenvalue weighted by Gasteiger charge is 2.33. The Morgan fingerprint density at radius 2 is 2.12 bits per heavy atom. The molecule has 2 fully saturated rings. The third-order valence-electron chi connectivity index (χ3n) is 5.15. The largest absolute Gasteiger partial charge is 0.360 e. The van der Waals surface area contributed by atoms with Gasteiger partial charge in [0.2, 0.25) is 0 Å². The number of rotatable bonds is 5. The van der Waals surface area contributed by atoms with Crippen LogP contribution in [0.15, 0.2) is 28.8 Å². The summed E-state index contributed by atoms with van der Waals surface area (Å²) in [6.45, 7) is 4.56. The predicted molar refractivity (Wildman–Crippen MR) is 101 cm³/mol. The van der Waals surface area contributed by atoms with Gasteiger partial charge >= 0.3 is 0 Å². The molecule has 0 radical (unpaired) electrons. The van der Waals surface area contributed by atoms with Crippen molar-refractivity contribution in [3.8, 4) is 0 Å². The van der Waals surface area contributed by atoms with E-state index in [-0.39, 0.29) is 11.9 Å². The van der Waals surface area contributed by atoms with E-state index in [1.807, 2.05) is 12.1 Å². The van der Waals surface area contributed by atoms with Gasteiger partial charge in [-0.15, -0.1) is 0 Å². The molecule has 1 aliphatic heterocycles. The summed E-state index contributed by atoms with van der Waals surface area (Å²) in [6.07, 6.45) is 2.25. The lowest BCUT2D eigenvalue weighted by Crippen LogP contribution is -2.40. The smallest absolute Gasteiger partial charge is 0.273 e. The van der Waals surface area contributed by atoms with Crippen molar-refractivity contribution in [3.05, 3.63) is 51.3 Å². The van der Waals surface area contributed by atoms with Crippen LogP contribution >= 0.6 is 23.2 Å². The zero-order chi connectivity index (χ0) is 18.3. The fourth-order valence-corrected chi connectivity index (χ4v) is 3.94. The van der Waals surface area contributed by atoms with Gasteiger partial charge in [-0.25, -0.2) is 0 Å². The number of aromatic nitrogens is 1. The van der Waals surface area contributed by atoms with Crippen molar-refractivity contribution in [3.63, 3.8) is 0 Å². The molecule has 0 spiro atoms. The number of hydrogen-bond donors (Lipinski definition) is 1. The van der Waals surface area contributed by atoms with E-state index < -0.39 is 0 Å². The van der Waals surface area contributed by atoms with E-state index in [1.165, 1.54) is 0 Å². The minimum Gasteiger partial charge on any atom is -0.360 e. The van der Waals surface area contributed by atoms with Crippen molar-refractivity contribution in [2.24, 2.45) is 5.92 Å². The molecule has 7 heteroatoms. The van der Waals surface area contributed by atoms with Gasteiger partial charge in [-0.2, -0.15) is 0 Å². The third kappa shape index (κ3) is 3.90. The Labute approximate surface area is 162 Å². The SMILES string of the molecule is C[C@@H]1CN(Cc2ccc(Cl)cc2Cl)C[C@H]1NC(=O)c1cc(C2CC2)on1. The number of likely N-dealkylation sites (tertiary alicyclic amines) is 1. The normalized spacial score (nSPS) is 23.3. The van der Waals surface area contributed by atoms with Crippen LogP contribution in [-0.4, -0.2) is 35.1 Å². The van der Waals surface area contributed by atoms with E-state index in [4.69, 9.17) is 27.7 Å². The van der Waals surface area contributed by atoms with Gasteiger partial charge in [0.15, 0.2) is 5.69 Å². The Bertz CT molecular complexity index is 819. The molecule has 1 saturated heterocycles. The Balaban J connectivity index is 1.36. The Morgan fingerprint density at radius 1 is 1.31 bits per heavy atom. The first-order chi connectivity index (χ1) is 12.5. The van der Waals surface area contributed by atoms with Gasteiger partial charge in [-0.05, 0) is 36.5 Å². The van der Waals surface area contributed by atoms with Gasteiger partial charge in [0, 0.05) is 47.7 Å². The van der Waals surface area contributed by atoms with E-state index in [2.05, 4.69) is 22.3 Å². The lowest BCUT2D eigenvalue weighted by Gasteiger charge is -2.17. The summed E-state index contributed by atoms with van der Waals surface area (Å²) in [5, 5.41) is 8.33. The van der Waals surface area contributed by atoms with Gasteiger partial charge in [0.25, 0.3) is 5.91 Å². The van der Waals surface area contributed by atoms with Crippen molar-refractivity contribution in [2.45, 2.75) is 38.3 Å². The van der Waals surface area contributed by atoms with Crippen molar-refractivity contribution in [1.29, 1.82) is 0 Å². The maximum Gasteiger partial charge on any atom is 0.273 e. The molecule has 5 nitrogen and oxygen atoms in total. The summed E-state index contributed by atoms with van der Waals surface area (Å²) >= 11 is 12.2. The van der Waals surface area contributed by atoms with Gasteiger partial charge in [0.05, 0.1) is 0 Å². The summed E-state index contributed by atoms with van der Waals surface area (Å²) in [4.78, 5) is 14.8. The van der Waals surface area contributed by atoms with Crippen molar-refractivity contribution in [1.82, 2.24) is 15.4 Å². The molecule has 0 unspecified atom stereocenters. The van der Waals surface area contributed by atoms with Gasteiger partial charge in [-0.3, -0.25) is 9.69 Å². The molecule has 26 heavy (non-hydrogen) atoms. The number of benzene rings is 1. The van der Waals surface area contributed by atoms with Crippen LogP contribution in [0.3, 0.4) is 0 Å². The van der Waals surface area contributed by atoms with E-state index in [1.54, 1.807) is 12.1 Å². The highest BCUT2D eigenvalue weighted by molar-refractivity contribution is 6.35. The number of amides is 1. The van der Waals surface area contributed by atoms with Crippen LogP contribution in [0.4, 0.5) is 0 Å². The Kier molecular flexibility index (Phi) is 4.95. The van der Waals surface area contributed by atoms with Crippen molar-refractivity contribution in [2.75, 3.05) is 13.1 Å². The third-order valence-corrected chi connectivity index (χ3v) is 5.74. The van der Waals surface area contributed by atoms with E-state index in [0.29, 0.717) is 27.6 Å². The second-order valence-corrected chi connectivity index (χ2v) is 8.22. The molecule has 1 N–H and O–H groups in total. The average molecular weight is 394 g/mol. The van der Waals surface area contributed by atoms with Crippen LogP contribution in [-0.2, 0) is 6.54 Å². The molecule has 1 aromatic heterocycles. The zero-order valence-corrected chi connectivity index (χ0v) is 16.1. The van der Waals surface area contributed by atoms with E-state index in [9.17, 15) is 4.79 Å². The standard InChI is InChI=1S/C19H21Cl2N3O2/c1-11-8-24(9-13-4-5-14(20)6-15(13)21)10-17(11)22-19(25)16-7-18(26-23-16)12-2-3-12/h4-7,11-12,17H,2-3,8-10H2,1H3,(H,22,25)/t11-,17-/m1/s1. The first kappa shape index (κ1) is 17.8. The summed E-state index contributed by atoms with van der Waals surface area (Å²) in [7, 11) is 0. The highest BCUT2D eigenvalue weighted by atomic mass is 35.5. The lowest BCUT2D eigenvalue weighted by atomic mass is 10.1. The van der Waals surface area contributed by atoms with Gasteiger partial charge in [-0.1, -0.05) is 41.3 Å². The molecule has 1 aromatic carbocycles. The number of carbonyl (C=O) groups excluding carboxylic acids is 1. The minimum absolute atomic E-state index is 0.0784. The average Bonchev–Trinajstić information content (AvgIpc) is 3.22. The number of nitrogens with zero attached hydrogens (tertiary/aromatic N) is 2. The summed E-state index contributed by atoms with van der Waals surface area (Å²) in [5.74, 6) is 1.46. The lowest BCUT2D eigenvalue weighted by molar-refractivity contribution is 0.0922. The molecule has 0 bridgehead atoms. The second kappa shape index (κ2) is 7.22. The summed E-state index contributed by atoms with van der Waals surface area (Å²) in [6, 6.07) is 7.42. The number of halogens is 2. The van der Waals surface area contributed by atoms with Crippen LogP contribution in [0, 0.1) is 5.92 Å². The van der Waals surface area contributed by atoms with Crippen molar-refractivity contribution < 1.29 is 9.32 Å². The van der Waals surface area contributed by atoms with Gasteiger partial charge < -0.3 is 9.84 Å². The number of hydrogen-bond acceptors (Lipinski definition) is 4. The summed E-state index contributed by atoms with van der Waals surface area (Å²) < 4.78 is 5.28.